The number of pyridine rings is 1. The molecule has 0 bridgehead atoms. The fourth-order valence-corrected chi connectivity index (χ4v) is 3.34. The molecule has 1 heterocycles. The van der Waals surface area contributed by atoms with E-state index in [1.54, 1.807) is 30.3 Å². The van der Waals surface area contributed by atoms with Gasteiger partial charge in [-0.05, 0) is 23.8 Å². The number of benzene rings is 2. The standard InChI is InChI=1S/C22H21NO8/c1-27-14-7-6-11(8-15(14)28-2)18-12-9-16(29-3)17(30-4)10-13(12)23-20(21(24)25)19(18)22(26)31-5/h6-10H,1-5H3,(H,24,25). The molecule has 0 saturated heterocycles. The molecule has 0 radical (unpaired) electrons. The van der Waals surface area contributed by atoms with Crippen LogP contribution in [-0.2, 0) is 4.74 Å². The third kappa shape index (κ3) is 3.77. The molecule has 0 aliphatic rings. The van der Waals surface area contributed by atoms with Crippen LogP contribution in [0.1, 0.15) is 20.8 Å². The highest BCUT2D eigenvalue weighted by Crippen LogP contribution is 2.41. The molecule has 0 unspecified atom stereocenters. The molecule has 0 atom stereocenters. The highest BCUT2D eigenvalue weighted by atomic mass is 16.5. The summed E-state index contributed by atoms with van der Waals surface area (Å²) in [6.07, 6.45) is 0. The fraction of sp³-hybridized carbons (Fsp3) is 0.227. The zero-order valence-corrected chi connectivity index (χ0v) is 17.6. The maximum Gasteiger partial charge on any atom is 0.355 e. The zero-order chi connectivity index (χ0) is 22.7. The van der Waals surface area contributed by atoms with Crippen molar-refractivity contribution in [3.63, 3.8) is 0 Å². The van der Waals surface area contributed by atoms with E-state index in [4.69, 9.17) is 23.7 Å². The molecule has 0 spiro atoms. The third-order valence-corrected chi connectivity index (χ3v) is 4.75. The summed E-state index contributed by atoms with van der Waals surface area (Å²) in [5.74, 6) is -0.592. The van der Waals surface area contributed by atoms with Crippen LogP contribution >= 0.6 is 0 Å². The quantitative estimate of drug-likeness (QED) is 0.567. The number of hydrogen-bond acceptors (Lipinski definition) is 8. The van der Waals surface area contributed by atoms with Crippen molar-refractivity contribution in [2.24, 2.45) is 0 Å². The highest BCUT2D eigenvalue weighted by Gasteiger charge is 2.28. The van der Waals surface area contributed by atoms with E-state index >= 15 is 0 Å². The van der Waals surface area contributed by atoms with Gasteiger partial charge >= 0.3 is 11.9 Å². The molecule has 3 aromatic rings. The van der Waals surface area contributed by atoms with Gasteiger partial charge in [-0.3, -0.25) is 0 Å². The first-order chi connectivity index (χ1) is 14.9. The molecule has 1 aromatic heterocycles. The van der Waals surface area contributed by atoms with Crippen LogP contribution in [0.2, 0.25) is 0 Å². The van der Waals surface area contributed by atoms with E-state index in [-0.39, 0.29) is 5.56 Å². The van der Waals surface area contributed by atoms with E-state index < -0.39 is 17.6 Å². The molecule has 9 heteroatoms. The lowest BCUT2D eigenvalue weighted by Gasteiger charge is -2.17. The number of carboxylic acid groups (broad SMARTS) is 1. The summed E-state index contributed by atoms with van der Waals surface area (Å²) in [4.78, 5) is 28.9. The Labute approximate surface area is 178 Å². The van der Waals surface area contributed by atoms with Gasteiger partial charge in [-0.15, -0.1) is 0 Å². The molecule has 0 aliphatic heterocycles. The summed E-state index contributed by atoms with van der Waals surface area (Å²) in [7, 11) is 7.08. The lowest BCUT2D eigenvalue weighted by atomic mass is 9.93. The molecular formula is C22H21NO8. The minimum Gasteiger partial charge on any atom is -0.493 e. The first-order valence-electron chi connectivity index (χ1n) is 9.03. The second-order valence-electron chi connectivity index (χ2n) is 6.30. The number of aromatic nitrogens is 1. The van der Waals surface area contributed by atoms with Crippen molar-refractivity contribution in [1.82, 2.24) is 4.98 Å². The Kier molecular flexibility index (Phi) is 6.15. The van der Waals surface area contributed by atoms with Gasteiger partial charge in [0.25, 0.3) is 0 Å². The maximum atomic E-state index is 12.7. The molecule has 162 valence electrons. The summed E-state index contributed by atoms with van der Waals surface area (Å²) in [5.41, 5.74) is 0.460. The van der Waals surface area contributed by atoms with Crippen molar-refractivity contribution < 1.29 is 38.4 Å². The van der Waals surface area contributed by atoms with Crippen molar-refractivity contribution in [1.29, 1.82) is 0 Å². The van der Waals surface area contributed by atoms with Crippen LogP contribution in [0.4, 0.5) is 0 Å². The first kappa shape index (κ1) is 21.7. The van der Waals surface area contributed by atoms with Crippen LogP contribution in [-0.4, -0.2) is 57.6 Å². The molecule has 0 fully saturated rings. The van der Waals surface area contributed by atoms with Crippen LogP contribution in [0.3, 0.4) is 0 Å². The van der Waals surface area contributed by atoms with Gasteiger partial charge in [0.15, 0.2) is 28.7 Å². The van der Waals surface area contributed by atoms with Gasteiger partial charge in [-0.1, -0.05) is 6.07 Å². The minimum atomic E-state index is -1.38. The van der Waals surface area contributed by atoms with Crippen molar-refractivity contribution in [2.45, 2.75) is 0 Å². The monoisotopic (exact) mass is 427 g/mol. The van der Waals surface area contributed by atoms with Crippen LogP contribution in [0.25, 0.3) is 22.0 Å². The van der Waals surface area contributed by atoms with Gasteiger partial charge < -0.3 is 28.8 Å². The number of rotatable bonds is 7. The van der Waals surface area contributed by atoms with E-state index in [0.717, 1.165) is 0 Å². The van der Waals surface area contributed by atoms with Gasteiger partial charge in [-0.2, -0.15) is 0 Å². The Hall–Kier alpha value is -4.01. The van der Waals surface area contributed by atoms with Crippen LogP contribution in [0.15, 0.2) is 30.3 Å². The Balaban J connectivity index is 2.53. The van der Waals surface area contributed by atoms with E-state index in [1.807, 2.05) is 0 Å². The number of fused-ring (bicyclic) bond motifs is 1. The average Bonchev–Trinajstić information content (AvgIpc) is 2.80. The second-order valence-corrected chi connectivity index (χ2v) is 6.30. The number of esters is 1. The molecule has 0 saturated carbocycles. The van der Waals surface area contributed by atoms with Crippen molar-refractivity contribution in [2.75, 3.05) is 35.5 Å². The number of methoxy groups -OCH3 is 5. The van der Waals surface area contributed by atoms with Gasteiger partial charge in [0.2, 0.25) is 0 Å². The molecule has 9 nitrogen and oxygen atoms in total. The summed E-state index contributed by atoms with van der Waals surface area (Å²) < 4.78 is 26.3. The molecular weight excluding hydrogens is 406 g/mol. The summed E-state index contributed by atoms with van der Waals surface area (Å²) in [5, 5.41) is 10.2. The number of carbonyl (C=O) groups is 2. The predicted molar refractivity (Wildman–Crippen MR) is 112 cm³/mol. The number of nitrogens with zero attached hydrogens (tertiary/aromatic N) is 1. The van der Waals surface area contributed by atoms with Gasteiger partial charge in [0.1, 0.15) is 5.56 Å². The van der Waals surface area contributed by atoms with E-state index in [0.29, 0.717) is 45.0 Å². The van der Waals surface area contributed by atoms with Crippen molar-refractivity contribution in [3.8, 4) is 34.1 Å². The Morgan fingerprint density at radius 2 is 1.39 bits per heavy atom. The maximum absolute atomic E-state index is 12.7. The molecule has 0 aliphatic carbocycles. The van der Waals surface area contributed by atoms with E-state index in [9.17, 15) is 14.7 Å². The summed E-state index contributed by atoms with van der Waals surface area (Å²) >= 11 is 0. The van der Waals surface area contributed by atoms with Gasteiger partial charge in [-0.25, -0.2) is 14.6 Å². The Bertz CT molecular complexity index is 1170. The topological polar surface area (TPSA) is 113 Å². The van der Waals surface area contributed by atoms with Gasteiger partial charge in [0.05, 0.1) is 41.1 Å². The van der Waals surface area contributed by atoms with Crippen molar-refractivity contribution in [3.05, 3.63) is 41.6 Å². The Morgan fingerprint density at radius 1 is 0.806 bits per heavy atom. The van der Waals surface area contributed by atoms with Crippen molar-refractivity contribution >= 4 is 22.8 Å². The average molecular weight is 427 g/mol. The molecule has 2 aromatic carbocycles. The summed E-state index contributed by atoms with van der Waals surface area (Å²) in [6.45, 7) is 0. The molecule has 0 amide bonds. The van der Waals surface area contributed by atoms with Crippen LogP contribution in [0, 0.1) is 0 Å². The number of ether oxygens (including phenoxy) is 5. The van der Waals surface area contributed by atoms with Crippen LogP contribution in [0.5, 0.6) is 23.0 Å². The predicted octanol–water partition coefficient (Wildman–Crippen LogP) is 3.42. The number of carbonyl (C=O) groups excluding carboxylic acids is 1. The smallest absolute Gasteiger partial charge is 0.355 e. The van der Waals surface area contributed by atoms with E-state index in [2.05, 4.69) is 4.98 Å². The Morgan fingerprint density at radius 3 is 1.94 bits per heavy atom. The van der Waals surface area contributed by atoms with E-state index in [1.165, 1.54) is 35.5 Å². The SMILES string of the molecule is COC(=O)c1c(C(=O)O)nc2cc(OC)c(OC)cc2c1-c1ccc(OC)c(OC)c1. The largest absolute Gasteiger partial charge is 0.493 e. The van der Waals surface area contributed by atoms with Gasteiger partial charge in [0, 0.05) is 17.0 Å². The fourth-order valence-electron chi connectivity index (χ4n) is 3.34. The molecule has 3 rings (SSSR count). The number of carboxylic acids is 1. The lowest BCUT2D eigenvalue weighted by molar-refractivity contribution is 0.0581. The minimum absolute atomic E-state index is 0.193. The summed E-state index contributed by atoms with van der Waals surface area (Å²) in [6, 6.07) is 8.16. The lowest BCUT2D eigenvalue weighted by Crippen LogP contribution is -2.15. The second kappa shape index (κ2) is 8.78. The number of aromatic carboxylic acids is 1. The normalized spacial score (nSPS) is 10.5. The highest BCUT2D eigenvalue weighted by molar-refractivity contribution is 6.13. The number of hydrogen-bond donors (Lipinski definition) is 1. The first-order valence-corrected chi connectivity index (χ1v) is 9.03. The molecule has 31 heavy (non-hydrogen) atoms. The third-order valence-electron chi connectivity index (χ3n) is 4.75. The molecule has 1 N–H and O–H groups in total. The van der Waals surface area contributed by atoms with Crippen LogP contribution < -0.4 is 18.9 Å². The zero-order valence-electron chi connectivity index (χ0n) is 17.6.